The van der Waals surface area contributed by atoms with Crippen molar-refractivity contribution in [3.05, 3.63) is 48.3 Å². The average Bonchev–Trinajstić information content (AvgIpc) is 2.69. The number of benzene rings is 1. The number of piperidine rings is 1. The number of carbonyl (C=O) groups excluding carboxylic acids is 1. The molecule has 0 unspecified atom stereocenters. The van der Waals surface area contributed by atoms with E-state index in [-0.39, 0.29) is 11.8 Å². The molecule has 1 aromatic carbocycles. The molecule has 0 bridgehead atoms. The SMILES string of the molecule is CC(C)(C#N)c1ccc(NC(=O)[C@@H]2CCCN(c3ncccn3)C2)cc1. The average molecular weight is 349 g/mol. The van der Waals surface area contributed by atoms with Crippen LogP contribution >= 0.6 is 0 Å². The summed E-state index contributed by atoms with van der Waals surface area (Å²) in [6, 6.07) is 11.6. The van der Waals surface area contributed by atoms with Crippen molar-refractivity contribution in [2.45, 2.75) is 32.1 Å². The number of nitrogens with one attached hydrogen (secondary N) is 1. The molecule has 2 aromatic rings. The fourth-order valence-electron chi connectivity index (χ4n) is 3.11. The Kier molecular flexibility index (Phi) is 5.17. The molecular formula is C20H23N5O. The normalized spacial score (nSPS) is 17.4. The Morgan fingerprint density at radius 1 is 1.27 bits per heavy atom. The summed E-state index contributed by atoms with van der Waals surface area (Å²) in [5, 5.41) is 12.2. The van der Waals surface area contributed by atoms with Gasteiger partial charge in [0.05, 0.1) is 17.4 Å². The zero-order valence-electron chi connectivity index (χ0n) is 15.1. The summed E-state index contributed by atoms with van der Waals surface area (Å²) in [6.45, 7) is 5.24. The summed E-state index contributed by atoms with van der Waals surface area (Å²) >= 11 is 0. The molecule has 0 saturated carbocycles. The van der Waals surface area contributed by atoms with Gasteiger partial charge in [0.25, 0.3) is 0 Å². The Morgan fingerprint density at radius 3 is 2.62 bits per heavy atom. The summed E-state index contributed by atoms with van der Waals surface area (Å²) in [6.07, 6.45) is 5.23. The van der Waals surface area contributed by atoms with Gasteiger partial charge >= 0.3 is 0 Å². The van der Waals surface area contributed by atoms with Gasteiger partial charge in [-0.3, -0.25) is 4.79 Å². The molecule has 1 aliphatic rings. The van der Waals surface area contributed by atoms with Crippen LogP contribution in [0, 0.1) is 17.2 Å². The van der Waals surface area contributed by atoms with Crippen molar-refractivity contribution in [1.29, 1.82) is 5.26 Å². The molecule has 0 aliphatic carbocycles. The molecule has 3 rings (SSSR count). The zero-order valence-corrected chi connectivity index (χ0v) is 15.1. The number of hydrogen-bond donors (Lipinski definition) is 1. The Hall–Kier alpha value is -2.94. The number of aromatic nitrogens is 2. The fraction of sp³-hybridized carbons (Fsp3) is 0.400. The van der Waals surface area contributed by atoms with E-state index in [1.807, 2.05) is 38.1 Å². The Labute approximate surface area is 153 Å². The van der Waals surface area contributed by atoms with E-state index in [4.69, 9.17) is 0 Å². The van der Waals surface area contributed by atoms with Crippen molar-refractivity contribution in [2.24, 2.45) is 5.92 Å². The van der Waals surface area contributed by atoms with Crippen LogP contribution in [-0.2, 0) is 10.2 Å². The highest BCUT2D eigenvalue weighted by Crippen LogP contribution is 2.25. The van der Waals surface area contributed by atoms with Crippen molar-refractivity contribution >= 4 is 17.5 Å². The molecule has 1 aromatic heterocycles. The van der Waals surface area contributed by atoms with Gasteiger partial charge in [-0.2, -0.15) is 5.26 Å². The van der Waals surface area contributed by atoms with Crippen LogP contribution in [0.5, 0.6) is 0 Å². The molecule has 6 heteroatoms. The molecule has 6 nitrogen and oxygen atoms in total. The molecule has 1 fully saturated rings. The van der Waals surface area contributed by atoms with Crippen LogP contribution in [0.15, 0.2) is 42.7 Å². The van der Waals surface area contributed by atoms with Gasteiger partial charge in [-0.1, -0.05) is 12.1 Å². The number of nitrogens with zero attached hydrogens (tertiary/aromatic N) is 4. The van der Waals surface area contributed by atoms with Crippen LogP contribution in [0.25, 0.3) is 0 Å². The number of anilines is 2. The van der Waals surface area contributed by atoms with Crippen LogP contribution in [0.3, 0.4) is 0 Å². The first-order chi connectivity index (χ1) is 12.5. The molecule has 134 valence electrons. The largest absolute Gasteiger partial charge is 0.340 e. The Bertz CT molecular complexity index is 795. The van der Waals surface area contributed by atoms with Gasteiger partial charge in [0.15, 0.2) is 0 Å². The lowest BCUT2D eigenvalue weighted by Crippen LogP contribution is -2.41. The lowest BCUT2D eigenvalue weighted by atomic mass is 9.86. The lowest BCUT2D eigenvalue weighted by molar-refractivity contribution is -0.120. The highest BCUT2D eigenvalue weighted by atomic mass is 16.1. The highest BCUT2D eigenvalue weighted by molar-refractivity contribution is 5.93. The van der Waals surface area contributed by atoms with Crippen molar-refractivity contribution in [3.63, 3.8) is 0 Å². The Balaban J connectivity index is 1.64. The predicted molar refractivity (Wildman–Crippen MR) is 101 cm³/mol. The molecular weight excluding hydrogens is 326 g/mol. The number of amides is 1. The highest BCUT2D eigenvalue weighted by Gasteiger charge is 2.27. The molecule has 26 heavy (non-hydrogen) atoms. The monoisotopic (exact) mass is 349 g/mol. The molecule has 1 amide bonds. The number of nitriles is 1. The third-order valence-corrected chi connectivity index (χ3v) is 4.78. The number of hydrogen-bond acceptors (Lipinski definition) is 5. The van der Waals surface area contributed by atoms with Crippen LogP contribution in [0.1, 0.15) is 32.3 Å². The number of rotatable bonds is 4. The molecule has 0 spiro atoms. The first kappa shape index (κ1) is 17.9. The molecule has 0 radical (unpaired) electrons. The van der Waals surface area contributed by atoms with Crippen LogP contribution in [0.2, 0.25) is 0 Å². The van der Waals surface area contributed by atoms with Crippen molar-refractivity contribution < 1.29 is 4.79 Å². The van der Waals surface area contributed by atoms with Gasteiger partial charge in [0.2, 0.25) is 11.9 Å². The summed E-state index contributed by atoms with van der Waals surface area (Å²) < 4.78 is 0. The summed E-state index contributed by atoms with van der Waals surface area (Å²) in [5.41, 5.74) is 1.14. The van der Waals surface area contributed by atoms with Crippen LogP contribution in [-0.4, -0.2) is 29.0 Å². The summed E-state index contributed by atoms with van der Waals surface area (Å²) in [7, 11) is 0. The van der Waals surface area contributed by atoms with Gasteiger partial charge in [0, 0.05) is 31.2 Å². The minimum atomic E-state index is -0.540. The summed E-state index contributed by atoms with van der Waals surface area (Å²) in [4.78, 5) is 23.3. The molecule has 1 aliphatic heterocycles. The van der Waals surface area contributed by atoms with Gasteiger partial charge in [-0.05, 0) is 50.5 Å². The van der Waals surface area contributed by atoms with Gasteiger partial charge < -0.3 is 10.2 Å². The zero-order chi connectivity index (χ0) is 18.6. The van der Waals surface area contributed by atoms with Crippen LogP contribution < -0.4 is 10.2 Å². The van der Waals surface area contributed by atoms with E-state index in [0.29, 0.717) is 12.5 Å². The van der Waals surface area contributed by atoms with E-state index < -0.39 is 5.41 Å². The minimum absolute atomic E-state index is 0.0120. The second-order valence-electron chi connectivity index (χ2n) is 7.14. The van der Waals surface area contributed by atoms with Gasteiger partial charge in [0.1, 0.15) is 0 Å². The van der Waals surface area contributed by atoms with Gasteiger partial charge in [-0.25, -0.2) is 9.97 Å². The Morgan fingerprint density at radius 2 is 1.96 bits per heavy atom. The maximum absolute atomic E-state index is 12.7. The summed E-state index contributed by atoms with van der Waals surface area (Å²) in [5.74, 6) is 0.591. The van der Waals surface area contributed by atoms with Crippen molar-refractivity contribution in [2.75, 3.05) is 23.3 Å². The van der Waals surface area contributed by atoms with Crippen molar-refractivity contribution in [1.82, 2.24) is 9.97 Å². The van der Waals surface area contributed by atoms with Gasteiger partial charge in [-0.15, -0.1) is 0 Å². The standard InChI is InChI=1S/C20H23N5O/c1-20(2,14-21)16-6-8-17(9-7-16)24-18(26)15-5-3-12-25(13-15)19-22-10-4-11-23-19/h4,6-11,15H,3,5,12-13H2,1-2H3,(H,24,26)/t15-/m1/s1. The molecule has 1 atom stereocenters. The molecule has 1 N–H and O–H groups in total. The first-order valence-electron chi connectivity index (χ1n) is 8.84. The smallest absolute Gasteiger partial charge is 0.229 e. The number of carbonyl (C=O) groups is 1. The minimum Gasteiger partial charge on any atom is -0.340 e. The maximum Gasteiger partial charge on any atom is 0.229 e. The van der Waals surface area contributed by atoms with E-state index >= 15 is 0 Å². The fourth-order valence-corrected chi connectivity index (χ4v) is 3.11. The molecule has 1 saturated heterocycles. The predicted octanol–water partition coefficient (Wildman–Crippen LogP) is 3.13. The van der Waals surface area contributed by atoms with E-state index in [0.717, 1.165) is 30.6 Å². The third kappa shape index (κ3) is 3.99. The lowest BCUT2D eigenvalue weighted by Gasteiger charge is -2.31. The molecule has 2 heterocycles. The topological polar surface area (TPSA) is 81.9 Å². The quantitative estimate of drug-likeness (QED) is 0.917. The van der Waals surface area contributed by atoms with Crippen LogP contribution in [0.4, 0.5) is 11.6 Å². The first-order valence-corrected chi connectivity index (χ1v) is 8.84. The van der Waals surface area contributed by atoms with E-state index in [1.165, 1.54) is 0 Å². The maximum atomic E-state index is 12.7. The van der Waals surface area contributed by atoms with E-state index in [1.54, 1.807) is 18.5 Å². The second kappa shape index (κ2) is 7.52. The second-order valence-corrected chi connectivity index (χ2v) is 7.14. The van der Waals surface area contributed by atoms with E-state index in [2.05, 4.69) is 26.3 Å². The van der Waals surface area contributed by atoms with E-state index in [9.17, 15) is 10.1 Å². The third-order valence-electron chi connectivity index (χ3n) is 4.78. The van der Waals surface area contributed by atoms with Crippen molar-refractivity contribution in [3.8, 4) is 6.07 Å².